The van der Waals surface area contributed by atoms with Crippen LogP contribution >= 0.6 is 0 Å². The summed E-state index contributed by atoms with van der Waals surface area (Å²) in [7, 11) is 0. The topological polar surface area (TPSA) is 124 Å². The number of nitrogens with one attached hydrogen (secondary N) is 3. The molecule has 3 aromatic heterocycles. The van der Waals surface area contributed by atoms with Gasteiger partial charge in [-0.15, -0.1) is 0 Å². The van der Waals surface area contributed by atoms with Crippen molar-refractivity contribution >= 4 is 34.4 Å². The smallest absolute Gasteiger partial charge is 0.231 e. The summed E-state index contributed by atoms with van der Waals surface area (Å²) in [4.78, 5) is 23.8. The Morgan fingerprint density at radius 2 is 1.94 bits per heavy atom. The number of pyridine rings is 1. The second kappa shape index (κ2) is 9.25. The van der Waals surface area contributed by atoms with E-state index in [1.165, 1.54) is 0 Å². The predicted octanol–water partition coefficient (Wildman–Crippen LogP) is 2.60. The Kier molecular flexibility index (Phi) is 6.04. The zero-order valence-electron chi connectivity index (χ0n) is 18.3. The molecule has 0 radical (unpaired) electrons. The van der Waals surface area contributed by atoms with E-state index in [4.69, 9.17) is 14.7 Å². The minimum Gasteiger partial charge on any atom is -0.396 e. The van der Waals surface area contributed by atoms with Crippen LogP contribution in [0.3, 0.4) is 0 Å². The number of fused-ring (bicyclic) bond motifs is 1. The van der Waals surface area contributed by atoms with Crippen LogP contribution in [0, 0.1) is 12.8 Å². The van der Waals surface area contributed by atoms with Gasteiger partial charge in [-0.3, -0.25) is 0 Å². The van der Waals surface area contributed by atoms with Crippen molar-refractivity contribution in [3.05, 3.63) is 24.2 Å². The SMILES string of the molecule is Cc1nc(N2CCOCC2)ccc1Nc1nc(N[C@H]2CC[C@H](CO)CC2)c2nc[nH]c2n1. The number of aryl methyl sites for hydroxylation is 1. The zero-order chi connectivity index (χ0) is 21.9. The van der Waals surface area contributed by atoms with E-state index in [0.717, 1.165) is 80.5 Å². The van der Waals surface area contributed by atoms with Crippen molar-refractivity contribution in [2.24, 2.45) is 5.92 Å². The zero-order valence-corrected chi connectivity index (χ0v) is 18.3. The van der Waals surface area contributed by atoms with Gasteiger partial charge in [-0.2, -0.15) is 9.97 Å². The molecule has 3 aromatic rings. The van der Waals surface area contributed by atoms with Crippen LogP contribution in [0.15, 0.2) is 18.5 Å². The Labute approximate surface area is 186 Å². The Balaban J connectivity index is 1.34. The lowest BCUT2D eigenvalue weighted by atomic mass is 9.86. The van der Waals surface area contributed by atoms with Gasteiger partial charge in [0.1, 0.15) is 11.3 Å². The number of imidazole rings is 1. The molecule has 1 saturated heterocycles. The number of aliphatic hydroxyl groups is 1. The van der Waals surface area contributed by atoms with Crippen LogP contribution in [0.25, 0.3) is 11.2 Å². The lowest BCUT2D eigenvalue weighted by Crippen LogP contribution is -2.36. The van der Waals surface area contributed by atoms with E-state index >= 15 is 0 Å². The van der Waals surface area contributed by atoms with Gasteiger partial charge in [-0.05, 0) is 50.7 Å². The molecular formula is C22H30N8O2. The van der Waals surface area contributed by atoms with Crippen molar-refractivity contribution in [2.75, 3.05) is 48.4 Å². The highest BCUT2D eigenvalue weighted by Gasteiger charge is 2.22. The van der Waals surface area contributed by atoms with Crippen LogP contribution in [0.5, 0.6) is 0 Å². The molecule has 2 aliphatic rings. The van der Waals surface area contributed by atoms with Crippen molar-refractivity contribution < 1.29 is 9.84 Å². The van der Waals surface area contributed by atoms with Gasteiger partial charge >= 0.3 is 0 Å². The lowest BCUT2D eigenvalue weighted by Gasteiger charge is -2.28. The van der Waals surface area contributed by atoms with E-state index in [9.17, 15) is 5.11 Å². The molecule has 1 aliphatic carbocycles. The molecule has 2 fully saturated rings. The normalized spacial score (nSPS) is 21.6. The van der Waals surface area contributed by atoms with Crippen LogP contribution in [-0.4, -0.2) is 69.0 Å². The summed E-state index contributed by atoms with van der Waals surface area (Å²) in [5.41, 5.74) is 3.18. The third kappa shape index (κ3) is 4.46. The van der Waals surface area contributed by atoms with Crippen molar-refractivity contribution in [1.82, 2.24) is 24.9 Å². The third-order valence-corrected chi connectivity index (χ3v) is 6.38. The summed E-state index contributed by atoms with van der Waals surface area (Å²) < 4.78 is 5.44. The molecule has 170 valence electrons. The van der Waals surface area contributed by atoms with Crippen molar-refractivity contribution in [3.63, 3.8) is 0 Å². The average molecular weight is 439 g/mol. The molecule has 0 bridgehead atoms. The number of anilines is 4. The van der Waals surface area contributed by atoms with Crippen LogP contribution < -0.4 is 15.5 Å². The summed E-state index contributed by atoms with van der Waals surface area (Å²) in [6, 6.07) is 4.36. The third-order valence-electron chi connectivity index (χ3n) is 6.38. The van der Waals surface area contributed by atoms with Crippen molar-refractivity contribution in [3.8, 4) is 0 Å². The monoisotopic (exact) mass is 438 g/mol. The highest BCUT2D eigenvalue weighted by atomic mass is 16.5. The first-order valence-electron chi connectivity index (χ1n) is 11.4. The van der Waals surface area contributed by atoms with Gasteiger partial charge in [0.2, 0.25) is 5.95 Å². The molecule has 1 saturated carbocycles. The summed E-state index contributed by atoms with van der Waals surface area (Å²) >= 11 is 0. The second-order valence-corrected chi connectivity index (χ2v) is 8.57. The lowest BCUT2D eigenvalue weighted by molar-refractivity contribution is 0.122. The molecule has 32 heavy (non-hydrogen) atoms. The number of aliphatic hydroxyl groups excluding tert-OH is 1. The summed E-state index contributed by atoms with van der Waals surface area (Å²) in [6.45, 7) is 5.43. The van der Waals surface area contributed by atoms with Crippen LogP contribution in [-0.2, 0) is 4.74 Å². The van der Waals surface area contributed by atoms with Gasteiger partial charge in [0, 0.05) is 25.7 Å². The molecule has 4 N–H and O–H groups in total. The van der Waals surface area contributed by atoms with Crippen LogP contribution in [0.1, 0.15) is 31.4 Å². The first-order chi connectivity index (χ1) is 15.7. The first kappa shape index (κ1) is 20.9. The number of hydrogen-bond donors (Lipinski definition) is 4. The number of hydrogen-bond acceptors (Lipinski definition) is 9. The fraction of sp³-hybridized carbons (Fsp3) is 0.545. The molecular weight excluding hydrogens is 408 g/mol. The Morgan fingerprint density at radius 1 is 1.12 bits per heavy atom. The Morgan fingerprint density at radius 3 is 2.69 bits per heavy atom. The van der Waals surface area contributed by atoms with Gasteiger partial charge < -0.3 is 30.4 Å². The molecule has 0 spiro atoms. The number of aromatic nitrogens is 5. The quantitative estimate of drug-likeness (QED) is 0.460. The molecule has 0 unspecified atom stereocenters. The van der Waals surface area contributed by atoms with Crippen molar-refractivity contribution in [2.45, 2.75) is 38.6 Å². The van der Waals surface area contributed by atoms with Crippen molar-refractivity contribution in [1.29, 1.82) is 0 Å². The van der Waals surface area contributed by atoms with Crippen LogP contribution in [0.2, 0.25) is 0 Å². The van der Waals surface area contributed by atoms with Gasteiger partial charge in [-0.1, -0.05) is 0 Å². The minimum absolute atomic E-state index is 0.273. The minimum atomic E-state index is 0.273. The predicted molar refractivity (Wildman–Crippen MR) is 123 cm³/mol. The van der Waals surface area contributed by atoms with E-state index in [-0.39, 0.29) is 6.61 Å². The molecule has 1 aliphatic heterocycles. The molecule has 5 rings (SSSR count). The first-order valence-corrected chi connectivity index (χ1v) is 11.4. The maximum Gasteiger partial charge on any atom is 0.231 e. The number of H-pyrrole nitrogens is 1. The molecule has 10 heteroatoms. The number of rotatable bonds is 6. The molecule has 10 nitrogen and oxygen atoms in total. The van der Waals surface area contributed by atoms with Gasteiger partial charge in [0.15, 0.2) is 11.5 Å². The molecule has 0 amide bonds. The van der Waals surface area contributed by atoms with Crippen LogP contribution in [0.4, 0.5) is 23.3 Å². The summed E-state index contributed by atoms with van der Waals surface area (Å²) in [6.07, 6.45) is 5.70. The number of aromatic amines is 1. The molecule has 0 aromatic carbocycles. The summed E-state index contributed by atoms with van der Waals surface area (Å²) in [5, 5.41) is 16.3. The van der Waals surface area contributed by atoms with Gasteiger partial charge in [-0.25, -0.2) is 9.97 Å². The summed E-state index contributed by atoms with van der Waals surface area (Å²) in [5.74, 6) is 2.60. The molecule has 4 heterocycles. The van der Waals surface area contributed by atoms with E-state index in [2.05, 4.69) is 30.5 Å². The molecule has 0 atom stereocenters. The van der Waals surface area contributed by atoms with E-state index < -0.39 is 0 Å². The standard InChI is InChI=1S/C22H30N8O2/c1-14-17(6-7-18(25-14)30-8-10-32-11-9-30)27-22-28-20-19(23-13-24-20)21(29-22)26-16-4-2-15(12-31)3-5-16/h6-7,13,15-16,31H,2-5,8-12H2,1H3,(H3,23,24,26,27,28,29)/t15-,16-. The Hall–Kier alpha value is -2.98. The maximum absolute atomic E-state index is 9.39. The largest absolute Gasteiger partial charge is 0.396 e. The van der Waals surface area contributed by atoms with Gasteiger partial charge in [0.25, 0.3) is 0 Å². The Bertz CT molecular complexity index is 1060. The van der Waals surface area contributed by atoms with E-state index in [1.807, 2.05) is 19.1 Å². The van der Waals surface area contributed by atoms with Gasteiger partial charge in [0.05, 0.1) is 30.9 Å². The second-order valence-electron chi connectivity index (χ2n) is 8.57. The fourth-order valence-electron chi connectivity index (χ4n) is 4.44. The highest BCUT2D eigenvalue weighted by molar-refractivity contribution is 5.84. The highest BCUT2D eigenvalue weighted by Crippen LogP contribution is 2.29. The average Bonchev–Trinajstić information content (AvgIpc) is 3.30. The van der Waals surface area contributed by atoms with E-state index in [1.54, 1.807) is 6.33 Å². The van der Waals surface area contributed by atoms with E-state index in [0.29, 0.717) is 23.6 Å². The maximum atomic E-state index is 9.39. The number of morpholine rings is 1. The number of ether oxygens (including phenoxy) is 1. The number of nitrogens with zero attached hydrogens (tertiary/aromatic N) is 5. The fourth-order valence-corrected chi connectivity index (χ4v) is 4.44.